The van der Waals surface area contributed by atoms with Gasteiger partial charge in [0.05, 0.1) is 11.5 Å². The highest BCUT2D eigenvalue weighted by Crippen LogP contribution is 2.82. The molecule has 0 aliphatic heterocycles. The molecule has 0 N–H and O–H groups in total. The van der Waals surface area contributed by atoms with Crippen molar-refractivity contribution in [2.45, 2.75) is 59.3 Å². The Morgan fingerprint density at radius 1 is 1.33 bits per heavy atom. The van der Waals surface area contributed by atoms with E-state index in [1.165, 1.54) is 18.4 Å². The molecule has 2 heteroatoms. The summed E-state index contributed by atoms with van der Waals surface area (Å²) in [4.78, 5) is 12.0. The average molecular weight is 364 g/mol. The number of rotatable bonds is 2. The van der Waals surface area contributed by atoms with E-state index < -0.39 is 0 Å². The smallest absolute Gasteiger partial charge is 0.155 e. The highest BCUT2D eigenvalue weighted by molar-refractivity contribution is 5.91. The number of fused-ring (bicyclic) bond motifs is 7. The van der Waals surface area contributed by atoms with Gasteiger partial charge in [-0.3, -0.25) is 4.79 Å². The molecule has 144 valence electrons. The van der Waals surface area contributed by atoms with Gasteiger partial charge in [-0.2, -0.15) is 5.26 Å². The topological polar surface area (TPSA) is 40.9 Å². The second-order valence-electron chi connectivity index (χ2n) is 10.5. The highest BCUT2D eigenvalue weighted by Gasteiger charge is 2.79. The van der Waals surface area contributed by atoms with Gasteiger partial charge in [-0.15, -0.1) is 6.58 Å². The van der Waals surface area contributed by atoms with E-state index in [-0.39, 0.29) is 10.8 Å². The lowest BCUT2D eigenvalue weighted by Gasteiger charge is -2.59. The summed E-state index contributed by atoms with van der Waals surface area (Å²) in [6.45, 7) is 11.3. The van der Waals surface area contributed by atoms with E-state index in [9.17, 15) is 10.1 Å². The van der Waals surface area contributed by atoms with Gasteiger partial charge in [0.15, 0.2) is 5.78 Å². The summed E-state index contributed by atoms with van der Waals surface area (Å²) in [6.07, 6.45) is 10.6. The van der Waals surface area contributed by atoms with Crippen LogP contribution >= 0.6 is 0 Å². The van der Waals surface area contributed by atoms with Crippen LogP contribution in [0.5, 0.6) is 0 Å². The fourth-order valence-electron chi connectivity index (χ4n) is 9.17. The quantitative estimate of drug-likeness (QED) is 0.602. The minimum Gasteiger partial charge on any atom is -0.295 e. The Morgan fingerprint density at radius 3 is 2.78 bits per heavy atom. The molecule has 5 rings (SSSR count). The molecule has 0 saturated heterocycles. The second kappa shape index (κ2) is 5.59. The Labute approximate surface area is 164 Å². The largest absolute Gasteiger partial charge is 0.295 e. The lowest BCUT2D eigenvalue weighted by molar-refractivity contribution is -0.117. The molecule has 4 fully saturated rings. The molecule has 5 aliphatic rings. The van der Waals surface area contributed by atoms with Gasteiger partial charge in [-0.1, -0.05) is 25.5 Å². The van der Waals surface area contributed by atoms with E-state index in [1.807, 2.05) is 6.08 Å². The van der Waals surface area contributed by atoms with Gasteiger partial charge in [0.2, 0.25) is 0 Å². The molecule has 8 unspecified atom stereocenters. The summed E-state index contributed by atoms with van der Waals surface area (Å²) >= 11 is 0. The average Bonchev–Trinajstić information content (AvgIpc) is 3.28. The summed E-state index contributed by atoms with van der Waals surface area (Å²) < 4.78 is 0. The first-order valence-electron chi connectivity index (χ1n) is 11.2. The zero-order chi connectivity index (χ0) is 19.1. The Balaban J connectivity index is 1.61. The van der Waals surface area contributed by atoms with E-state index >= 15 is 0 Å². The van der Waals surface area contributed by atoms with Gasteiger partial charge in [-0.25, -0.2) is 0 Å². The van der Waals surface area contributed by atoms with Crippen LogP contribution in [0, 0.1) is 69.5 Å². The van der Waals surface area contributed by atoms with Gasteiger partial charge < -0.3 is 0 Å². The lowest BCUT2D eigenvalue weighted by atomic mass is 9.44. The van der Waals surface area contributed by atoms with Crippen molar-refractivity contribution in [3.05, 3.63) is 24.3 Å². The van der Waals surface area contributed by atoms with Crippen molar-refractivity contribution in [2.75, 3.05) is 0 Å². The first-order chi connectivity index (χ1) is 12.9. The van der Waals surface area contributed by atoms with Gasteiger partial charge in [0.25, 0.3) is 0 Å². The van der Waals surface area contributed by atoms with Gasteiger partial charge in [-0.05, 0) is 97.9 Å². The van der Waals surface area contributed by atoms with Crippen LogP contribution in [-0.2, 0) is 4.79 Å². The fourth-order valence-corrected chi connectivity index (χ4v) is 9.17. The van der Waals surface area contributed by atoms with Crippen LogP contribution in [0.25, 0.3) is 0 Å². The molecule has 10 atom stereocenters. The number of carbonyl (C=O) groups excluding carboxylic acids is 1. The number of hydrogen-bond acceptors (Lipinski definition) is 2. The molecule has 0 aromatic carbocycles. The predicted octanol–water partition coefficient (Wildman–Crippen LogP) is 5.56. The van der Waals surface area contributed by atoms with Gasteiger partial charge >= 0.3 is 0 Å². The molecular formula is C25H33NO. The normalized spacial score (nSPS) is 55.3. The summed E-state index contributed by atoms with van der Waals surface area (Å²) in [5, 5.41) is 10.3. The Hall–Kier alpha value is -1.36. The van der Waals surface area contributed by atoms with Crippen molar-refractivity contribution in [2.24, 2.45) is 58.2 Å². The van der Waals surface area contributed by atoms with Crippen LogP contribution in [0.4, 0.5) is 0 Å². The molecule has 0 aromatic heterocycles. The van der Waals surface area contributed by atoms with Crippen LogP contribution in [0.3, 0.4) is 0 Å². The van der Waals surface area contributed by atoms with Crippen LogP contribution in [-0.4, -0.2) is 5.78 Å². The molecule has 0 spiro atoms. The highest BCUT2D eigenvalue weighted by atomic mass is 16.1. The summed E-state index contributed by atoms with van der Waals surface area (Å²) in [7, 11) is 0. The summed E-state index contributed by atoms with van der Waals surface area (Å²) in [5.74, 6) is 5.49. The van der Waals surface area contributed by atoms with Crippen LogP contribution < -0.4 is 0 Å². The van der Waals surface area contributed by atoms with E-state index in [4.69, 9.17) is 0 Å². The SMILES string of the molecule is C=CC1CC2=CC(=O)CCC2C2CCC3(CC)[C@H](C12)C1C(C)C1[C@]3(C)C#N. The zero-order valence-corrected chi connectivity index (χ0v) is 17.1. The molecule has 2 nitrogen and oxygen atoms in total. The summed E-state index contributed by atoms with van der Waals surface area (Å²) in [5.41, 5.74) is 1.45. The first-order valence-corrected chi connectivity index (χ1v) is 11.2. The summed E-state index contributed by atoms with van der Waals surface area (Å²) in [6, 6.07) is 2.86. The number of nitriles is 1. The lowest BCUT2D eigenvalue weighted by Crippen LogP contribution is -2.54. The monoisotopic (exact) mass is 363 g/mol. The minimum atomic E-state index is -0.161. The molecule has 4 saturated carbocycles. The molecule has 0 radical (unpaired) electrons. The van der Waals surface area contributed by atoms with Gasteiger partial charge in [0.1, 0.15) is 0 Å². The Bertz CT molecular complexity index is 774. The molecule has 0 amide bonds. The van der Waals surface area contributed by atoms with Crippen molar-refractivity contribution in [1.82, 2.24) is 0 Å². The maximum atomic E-state index is 12.0. The number of nitrogens with zero attached hydrogens (tertiary/aromatic N) is 1. The van der Waals surface area contributed by atoms with Crippen molar-refractivity contribution < 1.29 is 4.79 Å². The second-order valence-corrected chi connectivity index (χ2v) is 10.5. The Morgan fingerprint density at radius 2 is 2.11 bits per heavy atom. The number of carbonyl (C=O) groups is 1. The molecule has 27 heavy (non-hydrogen) atoms. The maximum Gasteiger partial charge on any atom is 0.155 e. The first kappa shape index (κ1) is 17.7. The van der Waals surface area contributed by atoms with Crippen molar-refractivity contribution in [3.8, 4) is 6.07 Å². The van der Waals surface area contributed by atoms with Crippen LogP contribution in [0.2, 0.25) is 0 Å². The van der Waals surface area contributed by atoms with Crippen molar-refractivity contribution >= 4 is 5.78 Å². The third-order valence-corrected chi connectivity index (χ3v) is 10.2. The molecule has 0 heterocycles. The van der Waals surface area contributed by atoms with E-state index in [1.54, 1.807) is 0 Å². The molecule has 0 aromatic rings. The zero-order valence-electron chi connectivity index (χ0n) is 17.1. The fraction of sp³-hybridized carbons (Fsp3) is 0.760. The van der Waals surface area contributed by atoms with Crippen LogP contribution in [0.1, 0.15) is 59.3 Å². The minimum absolute atomic E-state index is 0.161. The number of hydrogen-bond donors (Lipinski definition) is 0. The molecular weight excluding hydrogens is 330 g/mol. The van der Waals surface area contributed by atoms with Crippen molar-refractivity contribution in [1.29, 1.82) is 5.26 Å². The van der Waals surface area contributed by atoms with E-state index in [2.05, 4.69) is 39.5 Å². The van der Waals surface area contributed by atoms with Gasteiger partial charge in [0, 0.05) is 6.42 Å². The van der Waals surface area contributed by atoms with Crippen LogP contribution in [0.15, 0.2) is 24.3 Å². The third-order valence-electron chi connectivity index (χ3n) is 10.2. The number of allylic oxidation sites excluding steroid dienone is 2. The molecule has 0 bridgehead atoms. The standard InChI is InChI=1S/C25H33NO/c1-5-15-11-16-12-17(27)7-8-18(16)19-9-10-25(6-2)23(21(15)19)20-14(3)22(20)24(25,4)13-26/h5,12,14-15,18-23H,1,6-11H2,2-4H3/t14?,15?,18?,19?,20?,21?,22?,23-,24-,25?/m0/s1. The number of ketones is 1. The third kappa shape index (κ3) is 1.94. The van der Waals surface area contributed by atoms with E-state index in [0.29, 0.717) is 47.2 Å². The van der Waals surface area contributed by atoms with E-state index in [0.717, 1.165) is 31.6 Å². The maximum absolute atomic E-state index is 12.0. The van der Waals surface area contributed by atoms with Crippen molar-refractivity contribution in [3.63, 3.8) is 0 Å². The molecule has 5 aliphatic carbocycles. The Kier molecular flexibility index (Phi) is 3.67. The predicted molar refractivity (Wildman–Crippen MR) is 106 cm³/mol.